The molecule has 0 aliphatic carbocycles. The Morgan fingerprint density at radius 1 is 0.403 bits per heavy atom. The molecule has 67 heavy (non-hydrogen) atoms. The summed E-state index contributed by atoms with van der Waals surface area (Å²) < 4.78 is 5.48. The van der Waals surface area contributed by atoms with E-state index in [1.165, 1.54) is 238 Å². The fourth-order valence-corrected chi connectivity index (χ4v) is 9.64. The van der Waals surface area contributed by atoms with Gasteiger partial charge >= 0.3 is 5.97 Å². The van der Waals surface area contributed by atoms with Crippen molar-refractivity contribution in [1.29, 1.82) is 0 Å². The molecule has 0 rings (SSSR count). The lowest BCUT2D eigenvalue weighted by Crippen LogP contribution is -2.45. The number of carbonyl (C=O) groups excluding carboxylic acids is 2. The highest BCUT2D eigenvalue weighted by molar-refractivity contribution is 5.76. The van der Waals surface area contributed by atoms with Gasteiger partial charge in [-0.1, -0.05) is 289 Å². The molecule has 0 fully saturated rings. The maximum absolute atomic E-state index is 12.5. The standard InChI is InChI=1S/C61H119NO5/c1-3-5-7-9-11-13-15-17-19-21-23-25-29-33-37-41-45-49-53-59(64)58(57-63)62-60(65)54-50-46-42-38-34-30-26-24-28-32-36-40-44-48-52-56-67-61(66)55-51-47-43-39-35-31-27-22-20-18-16-14-12-10-8-6-4-2/h28,32,58-59,63-64H,3-27,29-31,33-57H2,1-2H3,(H,62,65)/b32-28-. The van der Waals surface area contributed by atoms with Gasteiger partial charge in [0.1, 0.15) is 0 Å². The molecule has 0 aliphatic heterocycles. The van der Waals surface area contributed by atoms with Gasteiger partial charge in [-0.15, -0.1) is 0 Å². The fourth-order valence-electron chi connectivity index (χ4n) is 9.64. The van der Waals surface area contributed by atoms with Gasteiger partial charge in [-0.25, -0.2) is 0 Å². The second-order valence-electron chi connectivity index (χ2n) is 21.0. The Morgan fingerprint density at radius 2 is 0.701 bits per heavy atom. The second kappa shape index (κ2) is 57.2. The van der Waals surface area contributed by atoms with E-state index >= 15 is 0 Å². The van der Waals surface area contributed by atoms with Crippen molar-refractivity contribution in [1.82, 2.24) is 5.32 Å². The molecular weight excluding hydrogens is 827 g/mol. The minimum absolute atomic E-state index is 0.00519. The van der Waals surface area contributed by atoms with Gasteiger partial charge in [-0.05, 0) is 51.4 Å². The van der Waals surface area contributed by atoms with E-state index in [0.717, 1.165) is 70.6 Å². The van der Waals surface area contributed by atoms with E-state index in [2.05, 4.69) is 31.3 Å². The number of unbranched alkanes of at least 4 members (excludes halogenated alkanes) is 44. The molecule has 6 nitrogen and oxygen atoms in total. The Balaban J connectivity index is 3.44. The summed E-state index contributed by atoms with van der Waals surface area (Å²) in [6.07, 6.45) is 67.8. The molecule has 0 spiro atoms. The van der Waals surface area contributed by atoms with E-state index in [9.17, 15) is 19.8 Å². The van der Waals surface area contributed by atoms with Crippen molar-refractivity contribution >= 4 is 11.9 Å². The van der Waals surface area contributed by atoms with Crippen molar-refractivity contribution in [3.05, 3.63) is 12.2 Å². The van der Waals surface area contributed by atoms with Crippen molar-refractivity contribution in [2.45, 2.75) is 353 Å². The number of carbonyl (C=O) groups is 2. The van der Waals surface area contributed by atoms with Crippen LogP contribution < -0.4 is 5.32 Å². The van der Waals surface area contributed by atoms with Crippen LogP contribution in [0.4, 0.5) is 0 Å². The molecule has 398 valence electrons. The lowest BCUT2D eigenvalue weighted by Gasteiger charge is -2.22. The van der Waals surface area contributed by atoms with E-state index in [4.69, 9.17) is 4.74 Å². The van der Waals surface area contributed by atoms with E-state index in [-0.39, 0.29) is 18.5 Å². The number of ether oxygens (including phenoxy) is 1. The predicted molar refractivity (Wildman–Crippen MR) is 292 cm³/mol. The van der Waals surface area contributed by atoms with Crippen LogP contribution >= 0.6 is 0 Å². The van der Waals surface area contributed by atoms with Crippen LogP contribution in [-0.4, -0.2) is 47.4 Å². The predicted octanol–water partition coefficient (Wildman–Crippen LogP) is 18.9. The minimum Gasteiger partial charge on any atom is -0.466 e. The summed E-state index contributed by atoms with van der Waals surface area (Å²) in [5, 5.41) is 23.3. The molecule has 2 unspecified atom stereocenters. The quantitative estimate of drug-likeness (QED) is 0.0321. The maximum atomic E-state index is 12.5. The fraction of sp³-hybridized carbons (Fsp3) is 0.934. The molecule has 0 bridgehead atoms. The Kier molecular flexibility index (Phi) is 56.0. The number of allylic oxidation sites excluding steroid dienone is 2. The third kappa shape index (κ3) is 53.8. The molecule has 0 aromatic carbocycles. The van der Waals surface area contributed by atoms with Crippen LogP contribution in [0.2, 0.25) is 0 Å². The molecule has 0 radical (unpaired) electrons. The van der Waals surface area contributed by atoms with Crippen LogP contribution in [0, 0.1) is 0 Å². The van der Waals surface area contributed by atoms with Crippen LogP contribution in [0.25, 0.3) is 0 Å². The number of nitrogens with one attached hydrogen (secondary N) is 1. The molecule has 0 aromatic rings. The molecule has 0 aromatic heterocycles. The van der Waals surface area contributed by atoms with Gasteiger partial charge in [-0.2, -0.15) is 0 Å². The smallest absolute Gasteiger partial charge is 0.305 e. The summed E-state index contributed by atoms with van der Waals surface area (Å²) in [4.78, 5) is 24.6. The molecular formula is C61H119NO5. The van der Waals surface area contributed by atoms with Gasteiger partial charge in [-0.3, -0.25) is 9.59 Å². The second-order valence-corrected chi connectivity index (χ2v) is 21.0. The van der Waals surface area contributed by atoms with Gasteiger partial charge in [0.25, 0.3) is 0 Å². The van der Waals surface area contributed by atoms with Crippen LogP contribution in [0.5, 0.6) is 0 Å². The average Bonchev–Trinajstić information content (AvgIpc) is 3.33. The highest BCUT2D eigenvalue weighted by Gasteiger charge is 2.20. The van der Waals surface area contributed by atoms with Crippen molar-refractivity contribution in [2.24, 2.45) is 0 Å². The van der Waals surface area contributed by atoms with Crippen molar-refractivity contribution in [3.63, 3.8) is 0 Å². The largest absolute Gasteiger partial charge is 0.466 e. The summed E-state index contributed by atoms with van der Waals surface area (Å²) >= 11 is 0. The normalized spacial score (nSPS) is 12.6. The maximum Gasteiger partial charge on any atom is 0.305 e. The monoisotopic (exact) mass is 946 g/mol. The molecule has 0 saturated carbocycles. The third-order valence-corrected chi connectivity index (χ3v) is 14.3. The SMILES string of the molecule is CCCCCCCCCCCCCCCCCCCCC(O)C(CO)NC(=O)CCCCCCCCC/C=C\CCCCCCOC(=O)CCCCCCCCCCCCCCCCCCC. The highest BCUT2D eigenvalue weighted by atomic mass is 16.5. The van der Waals surface area contributed by atoms with Gasteiger partial charge in [0, 0.05) is 12.8 Å². The zero-order valence-corrected chi connectivity index (χ0v) is 45.4. The zero-order valence-electron chi connectivity index (χ0n) is 45.4. The Labute approximate surface area is 419 Å². The Morgan fingerprint density at radius 3 is 1.06 bits per heavy atom. The van der Waals surface area contributed by atoms with E-state index in [0.29, 0.717) is 25.9 Å². The van der Waals surface area contributed by atoms with Gasteiger partial charge in [0.2, 0.25) is 5.91 Å². The third-order valence-electron chi connectivity index (χ3n) is 14.3. The first-order valence-corrected chi connectivity index (χ1v) is 30.4. The van der Waals surface area contributed by atoms with Gasteiger partial charge in [0.15, 0.2) is 0 Å². The van der Waals surface area contributed by atoms with E-state index < -0.39 is 12.1 Å². The number of hydrogen-bond donors (Lipinski definition) is 3. The number of esters is 1. The first kappa shape index (κ1) is 65.6. The van der Waals surface area contributed by atoms with Crippen LogP contribution in [0.1, 0.15) is 341 Å². The highest BCUT2D eigenvalue weighted by Crippen LogP contribution is 2.18. The van der Waals surface area contributed by atoms with E-state index in [1.54, 1.807) is 0 Å². The number of aliphatic hydroxyl groups excluding tert-OH is 2. The number of amides is 1. The molecule has 2 atom stereocenters. The lowest BCUT2D eigenvalue weighted by atomic mass is 10.0. The topological polar surface area (TPSA) is 95.9 Å². The first-order chi connectivity index (χ1) is 33.0. The first-order valence-electron chi connectivity index (χ1n) is 30.4. The molecule has 1 amide bonds. The van der Waals surface area contributed by atoms with Crippen LogP contribution in [-0.2, 0) is 14.3 Å². The van der Waals surface area contributed by atoms with Gasteiger partial charge < -0.3 is 20.3 Å². The zero-order chi connectivity index (χ0) is 48.6. The lowest BCUT2D eigenvalue weighted by molar-refractivity contribution is -0.143. The summed E-state index contributed by atoms with van der Waals surface area (Å²) in [5.74, 6) is -0.0521. The van der Waals surface area contributed by atoms with Crippen LogP contribution in [0.15, 0.2) is 12.2 Å². The van der Waals surface area contributed by atoms with E-state index in [1.807, 2.05) is 0 Å². The number of rotatable bonds is 57. The molecule has 6 heteroatoms. The molecule has 0 aliphatic rings. The van der Waals surface area contributed by atoms with Crippen LogP contribution in [0.3, 0.4) is 0 Å². The molecule has 0 saturated heterocycles. The van der Waals surface area contributed by atoms with Crippen molar-refractivity contribution in [3.8, 4) is 0 Å². The van der Waals surface area contributed by atoms with Gasteiger partial charge in [0.05, 0.1) is 25.4 Å². The molecule has 0 heterocycles. The summed E-state index contributed by atoms with van der Waals surface area (Å²) in [5.41, 5.74) is 0. The molecule has 3 N–H and O–H groups in total. The summed E-state index contributed by atoms with van der Waals surface area (Å²) in [7, 11) is 0. The number of aliphatic hydroxyl groups is 2. The minimum atomic E-state index is -0.674. The van der Waals surface area contributed by atoms with Crippen molar-refractivity contribution in [2.75, 3.05) is 13.2 Å². The Bertz CT molecular complexity index is 1000. The summed E-state index contributed by atoms with van der Waals surface area (Å²) in [6.45, 7) is 4.95. The average molecular weight is 947 g/mol. The van der Waals surface area contributed by atoms with Crippen molar-refractivity contribution < 1.29 is 24.5 Å². The number of hydrogen-bond acceptors (Lipinski definition) is 5. The Hall–Kier alpha value is -1.40. The summed E-state index contributed by atoms with van der Waals surface area (Å²) in [6, 6.07) is -0.552.